The van der Waals surface area contributed by atoms with Gasteiger partial charge in [-0.05, 0) is 35.4 Å². The summed E-state index contributed by atoms with van der Waals surface area (Å²) in [6, 6.07) is 22.5. The van der Waals surface area contributed by atoms with Gasteiger partial charge in [-0.15, -0.1) is 0 Å². The zero-order valence-corrected chi connectivity index (χ0v) is 16.5. The summed E-state index contributed by atoms with van der Waals surface area (Å²) in [5.74, 6) is -0.267. The number of hydrogen-bond acceptors (Lipinski definition) is 4. The molecule has 0 fully saturated rings. The molecular weight excluding hydrogens is 390 g/mol. The molecule has 2 N–H and O–H groups in total. The van der Waals surface area contributed by atoms with Gasteiger partial charge in [0, 0.05) is 0 Å². The Kier molecular flexibility index (Phi) is 4.76. The molecule has 5 aromatic rings. The summed E-state index contributed by atoms with van der Waals surface area (Å²) in [7, 11) is 0. The van der Waals surface area contributed by atoms with Gasteiger partial charge in [0.2, 0.25) is 5.91 Å². The molecule has 7 heteroatoms. The third kappa shape index (κ3) is 3.69. The fraction of sp³-hybridized carbons (Fsp3) is 0.0833. The van der Waals surface area contributed by atoms with E-state index in [2.05, 4.69) is 20.3 Å². The Balaban J connectivity index is 1.49. The number of H-pyrrole nitrogens is 1. The summed E-state index contributed by atoms with van der Waals surface area (Å²) < 4.78 is 1.44. The van der Waals surface area contributed by atoms with Crippen LogP contribution in [0.4, 0.5) is 0 Å². The first-order valence-corrected chi connectivity index (χ1v) is 9.91. The van der Waals surface area contributed by atoms with Crippen LogP contribution in [-0.4, -0.2) is 25.4 Å². The molecule has 0 saturated carbocycles. The molecule has 0 radical (unpaired) electrons. The highest BCUT2D eigenvalue weighted by Gasteiger charge is 2.19. The molecule has 1 amide bonds. The van der Waals surface area contributed by atoms with Crippen LogP contribution >= 0.6 is 0 Å². The Labute approximate surface area is 177 Å². The molecule has 0 aliphatic rings. The highest BCUT2D eigenvalue weighted by molar-refractivity contribution is 5.81. The van der Waals surface area contributed by atoms with Gasteiger partial charge < -0.3 is 10.3 Å². The Morgan fingerprint density at radius 1 is 0.935 bits per heavy atom. The van der Waals surface area contributed by atoms with Crippen molar-refractivity contribution in [3.63, 3.8) is 0 Å². The van der Waals surface area contributed by atoms with E-state index in [-0.39, 0.29) is 24.1 Å². The SMILES string of the molecule is O=C(Cn1c(=O)cnc2ccccc21)NC(c1ccccc1)c1ccc2nc[nH]c2c1. The summed E-state index contributed by atoms with van der Waals surface area (Å²) in [5.41, 5.74) is 4.59. The van der Waals surface area contributed by atoms with E-state index in [9.17, 15) is 9.59 Å². The molecular formula is C24H19N5O2. The van der Waals surface area contributed by atoms with Crippen molar-refractivity contribution in [3.05, 3.63) is 107 Å². The Morgan fingerprint density at radius 3 is 2.61 bits per heavy atom. The summed E-state index contributed by atoms with van der Waals surface area (Å²) in [6.07, 6.45) is 2.89. The van der Waals surface area contributed by atoms with E-state index in [1.807, 2.05) is 66.7 Å². The van der Waals surface area contributed by atoms with Crippen LogP contribution < -0.4 is 10.9 Å². The molecule has 1 atom stereocenters. The van der Waals surface area contributed by atoms with Gasteiger partial charge in [-0.2, -0.15) is 0 Å². The van der Waals surface area contributed by atoms with E-state index in [0.717, 1.165) is 22.2 Å². The number of carbonyl (C=O) groups excluding carboxylic acids is 1. The lowest BCUT2D eigenvalue weighted by atomic mass is 9.98. The molecule has 5 rings (SSSR count). The third-order valence-electron chi connectivity index (χ3n) is 5.27. The Hall–Kier alpha value is -4.26. The molecule has 0 spiro atoms. The Morgan fingerprint density at radius 2 is 1.74 bits per heavy atom. The number of benzene rings is 3. The van der Waals surface area contributed by atoms with Gasteiger partial charge in [0.05, 0.1) is 40.6 Å². The van der Waals surface area contributed by atoms with E-state index in [0.29, 0.717) is 11.0 Å². The molecule has 1 unspecified atom stereocenters. The van der Waals surface area contributed by atoms with Gasteiger partial charge in [-0.25, -0.2) is 9.97 Å². The maximum Gasteiger partial charge on any atom is 0.269 e. The smallest absolute Gasteiger partial charge is 0.269 e. The standard InChI is InChI=1S/C24H19N5O2/c30-22(14-29-21-9-5-4-8-19(21)25-13-23(29)31)28-24(16-6-2-1-3-7-16)17-10-11-18-20(12-17)27-15-26-18/h1-13,15,24H,14H2,(H,26,27)(H,28,30). The number of aromatic amines is 1. The van der Waals surface area contributed by atoms with Crippen LogP contribution in [0.25, 0.3) is 22.1 Å². The number of nitrogens with zero attached hydrogens (tertiary/aromatic N) is 3. The van der Waals surface area contributed by atoms with Crippen molar-refractivity contribution in [2.75, 3.05) is 0 Å². The lowest BCUT2D eigenvalue weighted by Crippen LogP contribution is -2.35. The fourth-order valence-electron chi connectivity index (χ4n) is 3.77. The fourth-order valence-corrected chi connectivity index (χ4v) is 3.77. The second-order valence-electron chi connectivity index (χ2n) is 7.26. The summed E-state index contributed by atoms with van der Waals surface area (Å²) >= 11 is 0. The average Bonchev–Trinajstić information content (AvgIpc) is 3.28. The quantitative estimate of drug-likeness (QED) is 0.466. The zero-order valence-electron chi connectivity index (χ0n) is 16.5. The van der Waals surface area contributed by atoms with Crippen LogP contribution in [0.3, 0.4) is 0 Å². The molecule has 3 aromatic carbocycles. The van der Waals surface area contributed by atoms with E-state index < -0.39 is 0 Å². The molecule has 7 nitrogen and oxygen atoms in total. The van der Waals surface area contributed by atoms with E-state index in [1.165, 1.54) is 10.8 Å². The zero-order chi connectivity index (χ0) is 21.2. The van der Waals surface area contributed by atoms with Crippen LogP contribution in [0.5, 0.6) is 0 Å². The first kappa shape index (κ1) is 18.7. The van der Waals surface area contributed by atoms with Crippen molar-refractivity contribution in [1.82, 2.24) is 24.8 Å². The Bertz CT molecular complexity index is 1440. The minimum atomic E-state index is -0.370. The van der Waals surface area contributed by atoms with Crippen LogP contribution in [0.1, 0.15) is 17.2 Å². The predicted octanol–water partition coefficient (Wildman–Crippen LogP) is 3.18. The van der Waals surface area contributed by atoms with Crippen molar-refractivity contribution in [2.24, 2.45) is 0 Å². The number of fused-ring (bicyclic) bond motifs is 2. The summed E-state index contributed by atoms with van der Waals surface area (Å²) in [5, 5.41) is 3.09. The van der Waals surface area contributed by atoms with Gasteiger partial charge in [-0.3, -0.25) is 14.2 Å². The lowest BCUT2D eigenvalue weighted by Gasteiger charge is -2.20. The first-order chi connectivity index (χ1) is 15.2. The number of nitrogens with one attached hydrogen (secondary N) is 2. The molecule has 0 saturated heterocycles. The normalized spacial score (nSPS) is 12.1. The second kappa shape index (κ2) is 7.87. The van der Waals surface area contributed by atoms with E-state index in [1.54, 1.807) is 12.4 Å². The average molecular weight is 409 g/mol. The third-order valence-corrected chi connectivity index (χ3v) is 5.27. The number of para-hydroxylation sites is 2. The summed E-state index contributed by atoms with van der Waals surface area (Å²) in [4.78, 5) is 37.0. The van der Waals surface area contributed by atoms with Crippen LogP contribution in [-0.2, 0) is 11.3 Å². The molecule has 31 heavy (non-hydrogen) atoms. The summed E-state index contributed by atoms with van der Waals surface area (Å²) in [6.45, 7) is -0.0997. The number of rotatable bonds is 5. The van der Waals surface area contributed by atoms with Crippen LogP contribution in [0.15, 0.2) is 90.1 Å². The van der Waals surface area contributed by atoms with Gasteiger partial charge in [-0.1, -0.05) is 48.5 Å². The first-order valence-electron chi connectivity index (χ1n) is 9.91. The largest absolute Gasteiger partial charge is 0.345 e. The van der Waals surface area contributed by atoms with Crippen molar-refractivity contribution >= 4 is 28.0 Å². The number of hydrogen-bond donors (Lipinski definition) is 2. The number of aromatic nitrogens is 4. The molecule has 152 valence electrons. The molecule has 2 aromatic heterocycles. The molecule has 0 bridgehead atoms. The van der Waals surface area contributed by atoms with Crippen molar-refractivity contribution in [2.45, 2.75) is 12.6 Å². The highest BCUT2D eigenvalue weighted by Crippen LogP contribution is 2.24. The predicted molar refractivity (Wildman–Crippen MR) is 119 cm³/mol. The van der Waals surface area contributed by atoms with Gasteiger partial charge in [0.1, 0.15) is 6.54 Å². The second-order valence-corrected chi connectivity index (χ2v) is 7.26. The number of amides is 1. The minimum absolute atomic E-state index is 0.0997. The molecule has 2 heterocycles. The molecule has 0 aliphatic carbocycles. The van der Waals surface area contributed by atoms with Gasteiger partial charge in [0.15, 0.2) is 0 Å². The van der Waals surface area contributed by atoms with E-state index >= 15 is 0 Å². The van der Waals surface area contributed by atoms with Gasteiger partial charge in [0.25, 0.3) is 5.56 Å². The minimum Gasteiger partial charge on any atom is -0.345 e. The van der Waals surface area contributed by atoms with Crippen LogP contribution in [0.2, 0.25) is 0 Å². The molecule has 0 aliphatic heterocycles. The van der Waals surface area contributed by atoms with Gasteiger partial charge >= 0.3 is 0 Å². The highest BCUT2D eigenvalue weighted by atomic mass is 16.2. The maximum atomic E-state index is 13.1. The van der Waals surface area contributed by atoms with E-state index in [4.69, 9.17) is 0 Å². The number of imidazole rings is 1. The number of carbonyl (C=O) groups is 1. The van der Waals surface area contributed by atoms with Crippen molar-refractivity contribution < 1.29 is 4.79 Å². The topological polar surface area (TPSA) is 92.7 Å². The lowest BCUT2D eigenvalue weighted by molar-refractivity contribution is -0.122. The maximum absolute atomic E-state index is 13.1. The monoisotopic (exact) mass is 409 g/mol. The van der Waals surface area contributed by atoms with Crippen molar-refractivity contribution in [1.29, 1.82) is 0 Å². The van der Waals surface area contributed by atoms with Crippen molar-refractivity contribution in [3.8, 4) is 0 Å². The van der Waals surface area contributed by atoms with Crippen LogP contribution in [0, 0.1) is 0 Å².